The largest absolute Gasteiger partial charge is 0.481 e. The monoisotopic (exact) mass is 156 g/mol. The van der Waals surface area contributed by atoms with E-state index in [-0.39, 0.29) is 0 Å². The van der Waals surface area contributed by atoms with E-state index in [0.29, 0.717) is 12.8 Å². The normalized spacial score (nSPS) is 20.0. The molecular formula is C7H8O4. The van der Waals surface area contributed by atoms with E-state index in [0.717, 1.165) is 6.08 Å². The third-order valence-electron chi connectivity index (χ3n) is 1.76. The zero-order valence-corrected chi connectivity index (χ0v) is 5.78. The van der Waals surface area contributed by atoms with Gasteiger partial charge in [0.25, 0.3) is 0 Å². The van der Waals surface area contributed by atoms with Gasteiger partial charge in [-0.1, -0.05) is 6.08 Å². The first-order valence-corrected chi connectivity index (χ1v) is 3.22. The van der Waals surface area contributed by atoms with E-state index < -0.39 is 17.4 Å². The number of carboxylic acids is 2. The number of carboxylic acid groups (broad SMARTS) is 2. The van der Waals surface area contributed by atoms with Gasteiger partial charge in [0, 0.05) is 6.08 Å². The van der Waals surface area contributed by atoms with Crippen LogP contribution in [-0.4, -0.2) is 22.2 Å². The fourth-order valence-electron chi connectivity index (χ4n) is 0.817. The Labute approximate surface area is 63.1 Å². The fraction of sp³-hybridized carbons (Fsp3) is 0.429. The predicted molar refractivity (Wildman–Crippen MR) is 36.1 cm³/mol. The molecule has 2 N–H and O–H groups in total. The molecule has 0 radical (unpaired) electrons. The fourth-order valence-corrected chi connectivity index (χ4v) is 0.817. The molecule has 4 heteroatoms. The van der Waals surface area contributed by atoms with Crippen molar-refractivity contribution in [2.24, 2.45) is 5.41 Å². The van der Waals surface area contributed by atoms with Gasteiger partial charge < -0.3 is 10.2 Å². The van der Waals surface area contributed by atoms with Crippen LogP contribution >= 0.6 is 0 Å². The van der Waals surface area contributed by atoms with Crippen LogP contribution < -0.4 is 0 Å². The summed E-state index contributed by atoms with van der Waals surface area (Å²) >= 11 is 0. The molecule has 0 heterocycles. The van der Waals surface area contributed by atoms with Crippen molar-refractivity contribution in [3.8, 4) is 0 Å². The van der Waals surface area contributed by atoms with Gasteiger partial charge in [-0.15, -0.1) is 0 Å². The molecule has 4 nitrogen and oxygen atoms in total. The van der Waals surface area contributed by atoms with Crippen LogP contribution in [0.3, 0.4) is 0 Å². The summed E-state index contributed by atoms with van der Waals surface area (Å²) in [5, 5.41) is 16.8. The van der Waals surface area contributed by atoms with E-state index in [1.165, 1.54) is 6.08 Å². The molecule has 0 spiro atoms. The molecule has 1 saturated carbocycles. The smallest absolute Gasteiger partial charge is 0.328 e. The molecule has 60 valence electrons. The molecule has 0 aliphatic heterocycles. The van der Waals surface area contributed by atoms with Crippen LogP contribution in [0.2, 0.25) is 0 Å². The standard InChI is InChI=1S/C7H8O4/c8-5(9)1-2-7(3-4-7)6(10)11/h1-2H,3-4H2,(H,8,9)(H,10,11). The van der Waals surface area contributed by atoms with Gasteiger partial charge in [0.2, 0.25) is 0 Å². The molecule has 11 heavy (non-hydrogen) atoms. The minimum absolute atomic E-state index is 0.548. The van der Waals surface area contributed by atoms with Crippen LogP contribution in [-0.2, 0) is 9.59 Å². The molecule has 0 saturated heterocycles. The Morgan fingerprint density at radius 2 is 1.82 bits per heavy atom. The Morgan fingerprint density at radius 1 is 1.27 bits per heavy atom. The average Bonchev–Trinajstić information content (AvgIpc) is 2.63. The van der Waals surface area contributed by atoms with E-state index in [1.54, 1.807) is 0 Å². The summed E-state index contributed by atoms with van der Waals surface area (Å²) in [6.07, 6.45) is 3.23. The zero-order chi connectivity index (χ0) is 8.48. The maximum absolute atomic E-state index is 10.5. The Kier molecular flexibility index (Phi) is 1.68. The topological polar surface area (TPSA) is 74.6 Å². The maximum Gasteiger partial charge on any atom is 0.328 e. The van der Waals surface area contributed by atoms with E-state index >= 15 is 0 Å². The molecular weight excluding hydrogens is 148 g/mol. The van der Waals surface area contributed by atoms with Gasteiger partial charge in [0.05, 0.1) is 5.41 Å². The van der Waals surface area contributed by atoms with Crippen LogP contribution in [0.4, 0.5) is 0 Å². The van der Waals surface area contributed by atoms with Crippen LogP contribution in [0.25, 0.3) is 0 Å². The Bertz CT molecular complexity index is 225. The van der Waals surface area contributed by atoms with Gasteiger partial charge in [-0.25, -0.2) is 4.79 Å². The molecule has 0 aromatic rings. The van der Waals surface area contributed by atoms with Gasteiger partial charge in [-0.3, -0.25) is 4.79 Å². The summed E-state index contributed by atoms with van der Waals surface area (Å²) in [6.45, 7) is 0. The molecule has 1 fully saturated rings. The van der Waals surface area contributed by atoms with Crippen LogP contribution in [0.5, 0.6) is 0 Å². The molecule has 0 unspecified atom stereocenters. The third-order valence-corrected chi connectivity index (χ3v) is 1.76. The molecule has 1 rings (SSSR count). The Balaban J connectivity index is 2.61. The van der Waals surface area contributed by atoms with Gasteiger partial charge in [-0.05, 0) is 12.8 Å². The molecule has 0 bridgehead atoms. The highest BCUT2D eigenvalue weighted by molar-refractivity contribution is 5.85. The lowest BCUT2D eigenvalue weighted by atomic mass is 10.1. The number of rotatable bonds is 3. The van der Waals surface area contributed by atoms with Crippen molar-refractivity contribution in [3.63, 3.8) is 0 Å². The highest BCUT2D eigenvalue weighted by atomic mass is 16.4. The summed E-state index contributed by atoms with van der Waals surface area (Å²) in [5.74, 6) is -2.03. The highest BCUT2D eigenvalue weighted by Crippen LogP contribution is 2.47. The number of hydrogen-bond donors (Lipinski definition) is 2. The molecule has 1 aliphatic carbocycles. The minimum atomic E-state index is -1.10. The first-order chi connectivity index (χ1) is 5.07. The van der Waals surface area contributed by atoms with Gasteiger partial charge in [0.15, 0.2) is 0 Å². The van der Waals surface area contributed by atoms with Crippen molar-refractivity contribution >= 4 is 11.9 Å². The van der Waals surface area contributed by atoms with Crippen molar-refractivity contribution in [2.45, 2.75) is 12.8 Å². The van der Waals surface area contributed by atoms with Crippen molar-refractivity contribution in [1.29, 1.82) is 0 Å². The first-order valence-electron chi connectivity index (χ1n) is 3.22. The summed E-state index contributed by atoms with van der Waals surface area (Å²) < 4.78 is 0. The highest BCUT2D eigenvalue weighted by Gasteiger charge is 2.47. The molecule has 0 aromatic heterocycles. The average molecular weight is 156 g/mol. The number of aliphatic carboxylic acids is 2. The van der Waals surface area contributed by atoms with E-state index in [4.69, 9.17) is 10.2 Å². The summed E-state index contributed by atoms with van der Waals surface area (Å²) in [6, 6.07) is 0. The minimum Gasteiger partial charge on any atom is -0.481 e. The van der Waals surface area contributed by atoms with Crippen LogP contribution in [0.1, 0.15) is 12.8 Å². The molecule has 1 aliphatic rings. The van der Waals surface area contributed by atoms with E-state index in [2.05, 4.69) is 0 Å². The van der Waals surface area contributed by atoms with Crippen molar-refractivity contribution < 1.29 is 19.8 Å². The first kappa shape index (κ1) is 7.78. The number of carbonyl (C=O) groups is 2. The molecule has 0 atom stereocenters. The van der Waals surface area contributed by atoms with Gasteiger partial charge in [-0.2, -0.15) is 0 Å². The lowest BCUT2D eigenvalue weighted by molar-refractivity contribution is -0.141. The third kappa shape index (κ3) is 1.58. The van der Waals surface area contributed by atoms with Crippen molar-refractivity contribution in [2.75, 3.05) is 0 Å². The second kappa shape index (κ2) is 2.38. The zero-order valence-electron chi connectivity index (χ0n) is 5.78. The quantitative estimate of drug-likeness (QED) is 0.583. The predicted octanol–water partition coefficient (Wildman–Crippen LogP) is 0.492. The summed E-state index contributed by atoms with van der Waals surface area (Å²) in [4.78, 5) is 20.5. The Morgan fingerprint density at radius 3 is 2.09 bits per heavy atom. The van der Waals surface area contributed by atoms with Gasteiger partial charge >= 0.3 is 11.9 Å². The second-order valence-electron chi connectivity index (χ2n) is 2.63. The Hall–Kier alpha value is -1.32. The van der Waals surface area contributed by atoms with Crippen LogP contribution in [0, 0.1) is 5.41 Å². The van der Waals surface area contributed by atoms with Gasteiger partial charge in [0.1, 0.15) is 0 Å². The molecule has 0 aromatic carbocycles. The van der Waals surface area contributed by atoms with E-state index in [9.17, 15) is 9.59 Å². The van der Waals surface area contributed by atoms with Crippen LogP contribution in [0.15, 0.2) is 12.2 Å². The lowest BCUT2D eigenvalue weighted by Gasteiger charge is -1.98. The second-order valence-corrected chi connectivity index (χ2v) is 2.63. The maximum atomic E-state index is 10.5. The van der Waals surface area contributed by atoms with Crippen molar-refractivity contribution in [1.82, 2.24) is 0 Å². The van der Waals surface area contributed by atoms with Crippen molar-refractivity contribution in [3.05, 3.63) is 12.2 Å². The lowest BCUT2D eigenvalue weighted by Crippen LogP contribution is -2.11. The summed E-state index contributed by atoms with van der Waals surface area (Å²) in [7, 11) is 0. The summed E-state index contributed by atoms with van der Waals surface area (Å²) in [5.41, 5.74) is -0.863. The SMILES string of the molecule is O=C(O)C=CC1(C(=O)O)CC1. The van der Waals surface area contributed by atoms with E-state index in [1.807, 2.05) is 0 Å². The number of hydrogen-bond acceptors (Lipinski definition) is 2. The molecule has 0 amide bonds.